The number of benzene rings is 1. The van der Waals surface area contributed by atoms with E-state index in [1.54, 1.807) is 11.9 Å². The Morgan fingerprint density at radius 2 is 2.17 bits per heavy atom. The molecule has 0 spiro atoms. The number of amides is 1. The van der Waals surface area contributed by atoms with E-state index in [0.29, 0.717) is 13.0 Å². The van der Waals surface area contributed by atoms with Crippen LogP contribution in [0.5, 0.6) is 0 Å². The molecule has 1 aliphatic rings. The molecule has 0 saturated heterocycles. The van der Waals surface area contributed by atoms with E-state index >= 15 is 0 Å². The fraction of sp³-hybridized carbons (Fsp3) is 0.500. The molecule has 1 aromatic carbocycles. The van der Waals surface area contributed by atoms with Gasteiger partial charge < -0.3 is 15.3 Å². The number of hydrogen-bond acceptors (Lipinski definition) is 3. The summed E-state index contributed by atoms with van der Waals surface area (Å²) in [5, 5.41) is 12.1. The van der Waals surface area contributed by atoms with Gasteiger partial charge in [0, 0.05) is 26.7 Å². The molecule has 1 atom stereocenters. The summed E-state index contributed by atoms with van der Waals surface area (Å²) in [6.45, 7) is 1.48. The van der Waals surface area contributed by atoms with E-state index in [0.717, 1.165) is 13.0 Å². The fourth-order valence-corrected chi connectivity index (χ4v) is 2.31. The zero-order valence-electron chi connectivity index (χ0n) is 10.7. The minimum Gasteiger partial charge on any atom is -0.396 e. The van der Waals surface area contributed by atoms with Gasteiger partial charge in [0.2, 0.25) is 5.91 Å². The van der Waals surface area contributed by atoms with E-state index < -0.39 is 0 Å². The lowest BCUT2D eigenvalue weighted by atomic mass is 9.95. The number of likely N-dealkylation sites (N-methyl/N-ethyl adjacent to an activating group) is 1. The van der Waals surface area contributed by atoms with E-state index in [1.807, 2.05) is 12.1 Å². The SMILES string of the molecule is CN(CCCO)C(=O)C1Cc2ccccc2CN1. The molecule has 0 bridgehead atoms. The molecule has 1 unspecified atom stereocenters. The first-order valence-electron chi connectivity index (χ1n) is 6.38. The summed E-state index contributed by atoms with van der Waals surface area (Å²) in [7, 11) is 1.79. The molecule has 0 saturated carbocycles. The summed E-state index contributed by atoms with van der Waals surface area (Å²) in [5.74, 6) is 0.109. The van der Waals surface area contributed by atoms with Crippen LogP contribution in [0.15, 0.2) is 24.3 Å². The van der Waals surface area contributed by atoms with Crippen molar-refractivity contribution >= 4 is 5.91 Å². The average molecular weight is 248 g/mol. The number of fused-ring (bicyclic) bond motifs is 1. The predicted octanol–water partition coefficient (Wildman–Crippen LogP) is 0.542. The molecule has 1 heterocycles. The van der Waals surface area contributed by atoms with Crippen LogP contribution < -0.4 is 5.32 Å². The Hall–Kier alpha value is -1.39. The van der Waals surface area contributed by atoms with E-state index in [2.05, 4.69) is 17.4 Å². The van der Waals surface area contributed by atoms with Gasteiger partial charge in [0.15, 0.2) is 0 Å². The third-order valence-corrected chi connectivity index (χ3v) is 3.41. The molecule has 0 aromatic heterocycles. The lowest BCUT2D eigenvalue weighted by molar-refractivity contribution is -0.132. The first-order valence-corrected chi connectivity index (χ1v) is 6.38. The second-order valence-corrected chi connectivity index (χ2v) is 4.74. The Bertz CT molecular complexity index is 420. The topological polar surface area (TPSA) is 52.6 Å². The molecule has 0 aliphatic carbocycles. The lowest BCUT2D eigenvalue weighted by Gasteiger charge is -2.29. The van der Waals surface area contributed by atoms with Gasteiger partial charge in [-0.05, 0) is 24.0 Å². The number of nitrogens with one attached hydrogen (secondary N) is 1. The Morgan fingerprint density at radius 1 is 1.44 bits per heavy atom. The Morgan fingerprint density at radius 3 is 2.89 bits per heavy atom. The Labute approximate surface area is 108 Å². The van der Waals surface area contributed by atoms with Crippen molar-refractivity contribution in [1.82, 2.24) is 10.2 Å². The number of rotatable bonds is 4. The highest BCUT2D eigenvalue weighted by Gasteiger charge is 2.25. The van der Waals surface area contributed by atoms with Gasteiger partial charge in [-0.15, -0.1) is 0 Å². The normalized spacial score (nSPS) is 18.2. The number of carbonyl (C=O) groups is 1. The third-order valence-electron chi connectivity index (χ3n) is 3.41. The van der Waals surface area contributed by atoms with Gasteiger partial charge in [0.05, 0.1) is 6.04 Å². The van der Waals surface area contributed by atoms with Gasteiger partial charge in [-0.1, -0.05) is 24.3 Å². The smallest absolute Gasteiger partial charge is 0.239 e. The maximum absolute atomic E-state index is 12.2. The van der Waals surface area contributed by atoms with Gasteiger partial charge in [0.25, 0.3) is 0 Å². The maximum atomic E-state index is 12.2. The van der Waals surface area contributed by atoms with Gasteiger partial charge in [0.1, 0.15) is 0 Å². The first kappa shape index (κ1) is 13.1. The average Bonchev–Trinajstić information content (AvgIpc) is 2.43. The summed E-state index contributed by atoms with van der Waals surface area (Å²) >= 11 is 0. The maximum Gasteiger partial charge on any atom is 0.239 e. The van der Waals surface area contributed by atoms with E-state index in [-0.39, 0.29) is 18.6 Å². The largest absolute Gasteiger partial charge is 0.396 e. The number of carbonyl (C=O) groups excluding carboxylic acids is 1. The summed E-state index contributed by atoms with van der Waals surface area (Å²) in [4.78, 5) is 13.9. The number of nitrogens with zero attached hydrogens (tertiary/aromatic N) is 1. The Balaban J connectivity index is 1.98. The van der Waals surface area contributed by atoms with Crippen LogP contribution in [-0.4, -0.2) is 42.2 Å². The summed E-state index contributed by atoms with van der Waals surface area (Å²) in [6, 6.07) is 8.09. The molecule has 0 radical (unpaired) electrons. The minimum atomic E-state index is -0.136. The van der Waals surface area contributed by atoms with Crippen LogP contribution in [0, 0.1) is 0 Å². The standard InChI is InChI=1S/C14H20N2O2/c1-16(7-4-8-17)14(18)13-9-11-5-2-3-6-12(11)10-15-13/h2-3,5-6,13,15,17H,4,7-10H2,1H3. The fourth-order valence-electron chi connectivity index (χ4n) is 2.31. The highest BCUT2D eigenvalue weighted by atomic mass is 16.3. The van der Waals surface area contributed by atoms with E-state index in [1.165, 1.54) is 11.1 Å². The second kappa shape index (κ2) is 5.98. The summed E-state index contributed by atoms with van der Waals surface area (Å²) in [6.07, 6.45) is 1.38. The van der Waals surface area contributed by atoms with Crippen molar-refractivity contribution < 1.29 is 9.90 Å². The lowest BCUT2D eigenvalue weighted by Crippen LogP contribution is -2.48. The molecule has 1 amide bonds. The molecule has 1 aliphatic heterocycles. The van der Waals surface area contributed by atoms with E-state index in [4.69, 9.17) is 5.11 Å². The molecule has 18 heavy (non-hydrogen) atoms. The molecule has 1 aromatic rings. The van der Waals surface area contributed by atoms with Crippen LogP contribution >= 0.6 is 0 Å². The number of hydrogen-bond donors (Lipinski definition) is 2. The van der Waals surface area contributed by atoms with E-state index in [9.17, 15) is 4.79 Å². The molecule has 2 N–H and O–H groups in total. The van der Waals surface area contributed by atoms with Crippen molar-refractivity contribution in [3.63, 3.8) is 0 Å². The molecular formula is C14H20N2O2. The highest BCUT2D eigenvalue weighted by molar-refractivity contribution is 5.82. The van der Waals surface area contributed by atoms with Crippen LogP contribution in [-0.2, 0) is 17.8 Å². The zero-order chi connectivity index (χ0) is 13.0. The van der Waals surface area contributed by atoms with Crippen molar-refractivity contribution in [2.24, 2.45) is 0 Å². The third kappa shape index (κ3) is 2.89. The van der Waals surface area contributed by atoms with Gasteiger partial charge >= 0.3 is 0 Å². The summed E-state index contributed by atoms with van der Waals surface area (Å²) < 4.78 is 0. The van der Waals surface area contributed by atoms with Crippen molar-refractivity contribution in [2.45, 2.75) is 25.4 Å². The summed E-state index contributed by atoms with van der Waals surface area (Å²) in [5.41, 5.74) is 2.53. The monoisotopic (exact) mass is 248 g/mol. The number of aliphatic hydroxyl groups is 1. The van der Waals surface area contributed by atoms with Crippen LogP contribution in [0.2, 0.25) is 0 Å². The number of aliphatic hydroxyl groups excluding tert-OH is 1. The second-order valence-electron chi connectivity index (χ2n) is 4.74. The van der Waals surface area contributed by atoms with Gasteiger partial charge in [-0.3, -0.25) is 4.79 Å². The first-order chi connectivity index (χ1) is 8.72. The van der Waals surface area contributed by atoms with Crippen molar-refractivity contribution in [2.75, 3.05) is 20.2 Å². The molecule has 98 valence electrons. The molecule has 4 nitrogen and oxygen atoms in total. The van der Waals surface area contributed by atoms with Crippen LogP contribution in [0.3, 0.4) is 0 Å². The van der Waals surface area contributed by atoms with Crippen LogP contribution in [0.25, 0.3) is 0 Å². The van der Waals surface area contributed by atoms with Crippen molar-refractivity contribution in [3.8, 4) is 0 Å². The quantitative estimate of drug-likeness (QED) is 0.818. The highest BCUT2D eigenvalue weighted by Crippen LogP contribution is 2.17. The minimum absolute atomic E-state index is 0.109. The van der Waals surface area contributed by atoms with Gasteiger partial charge in [-0.2, -0.15) is 0 Å². The van der Waals surface area contributed by atoms with Crippen LogP contribution in [0.4, 0.5) is 0 Å². The molecule has 4 heteroatoms. The zero-order valence-corrected chi connectivity index (χ0v) is 10.7. The Kier molecular flexibility index (Phi) is 4.33. The molecule has 0 fully saturated rings. The van der Waals surface area contributed by atoms with Crippen molar-refractivity contribution in [3.05, 3.63) is 35.4 Å². The van der Waals surface area contributed by atoms with Gasteiger partial charge in [-0.25, -0.2) is 0 Å². The molecule has 2 rings (SSSR count). The van der Waals surface area contributed by atoms with Crippen molar-refractivity contribution in [1.29, 1.82) is 0 Å². The molecular weight excluding hydrogens is 228 g/mol. The predicted molar refractivity (Wildman–Crippen MR) is 70.1 cm³/mol. The van der Waals surface area contributed by atoms with Crippen LogP contribution in [0.1, 0.15) is 17.5 Å².